The Morgan fingerprint density at radius 2 is 1.71 bits per heavy atom. The molecule has 1 N–H and O–H groups in total. The van der Waals surface area contributed by atoms with Crippen molar-refractivity contribution in [3.05, 3.63) is 101 Å². The van der Waals surface area contributed by atoms with Crippen LogP contribution in [0.25, 0.3) is 33.3 Å². The van der Waals surface area contributed by atoms with Crippen LogP contribution < -0.4 is 4.74 Å². The number of esters is 1. The summed E-state index contributed by atoms with van der Waals surface area (Å²) in [6, 6.07) is 23.3. The van der Waals surface area contributed by atoms with Gasteiger partial charge in [-0.15, -0.1) is 0 Å². The standard InChI is InChI=1S/C28H20ClFN2O3/c1-16-6-11-21(13-22(16)27(33)34-2)35-28-31-25-14-23(24(29)15-26(25)32-28)18-9-7-17(8-10-18)19-4-3-5-20(30)12-19/h3-15H,1-2H3,(H,31,32). The molecule has 0 bridgehead atoms. The molecule has 0 unspecified atom stereocenters. The van der Waals surface area contributed by atoms with E-state index < -0.39 is 5.97 Å². The summed E-state index contributed by atoms with van der Waals surface area (Å²) < 4.78 is 24.3. The summed E-state index contributed by atoms with van der Waals surface area (Å²) in [5, 5.41) is 0.550. The van der Waals surface area contributed by atoms with Gasteiger partial charge in [0.05, 0.1) is 28.7 Å². The lowest BCUT2D eigenvalue weighted by Gasteiger charge is -2.07. The Labute approximate surface area is 206 Å². The van der Waals surface area contributed by atoms with Crippen molar-refractivity contribution in [3.8, 4) is 34.0 Å². The van der Waals surface area contributed by atoms with Gasteiger partial charge in [0.25, 0.3) is 6.01 Å². The first-order valence-corrected chi connectivity index (χ1v) is 11.2. The smallest absolute Gasteiger partial charge is 0.338 e. The Morgan fingerprint density at radius 3 is 2.46 bits per heavy atom. The van der Waals surface area contributed by atoms with Gasteiger partial charge >= 0.3 is 5.97 Å². The van der Waals surface area contributed by atoms with E-state index in [1.165, 1.54) is 19.2 Å². The number of carbonyl (C=O) groups is 1. The van der Waals surface area contributed by atoms with E-state index in [9.17, 15) is 9.18 Å². The summed E-state index contributed by atoms with van der Waals surface area (Å²) >= 11 is 6.58. The van der Waals surface area contributed by atoms with Gasteiger partial charge < -0.3 is 14.5 Å². The summed E-state index contributed by atoms with van der Waals surface area (Å²) in [7, 11) is 1.34. The predicted molar refractivity (Wildman–Crippen MR) is 135 cm³/mol. The molecule has 0 saturated carbocycles. The van der Waals surface area contributed by atoms with Gasteiger partial charge in [0.15, 0.2) is 0 Å². The molecule has 0 radical (unpaired) electrons. The fraction of sp³-hybridized carbons (Fsp3) is 0.0714. The normalized spacial score (nSPS) is 11.0. The molecule has 7 heteroatoms. The average molecular weight is 487 g/mol. The molecule has 4 aromatic carbocycles. The van der Waals surface area contributed by atoms with Gasteiger partial charge in [-0.2, -0.15) is 4.98 Å². The molecular formula is C28H20ClFN2O3. The van der Waals surface area contributed by atoms with Crippen molar-refractivity contribution < 1.29 is 18.7 Å². The number of halogens is 2. The maximum Gasteiger partial charge on any atom is 0.338 e. The van der Waals surface area contributed by atoms with E-state index in [1.807, 2.05) is 43.3 Å². The highest BCUT2D eigenvalue weighted by molar-refractivity contribution is 6.34. The minimum Gasteiger partial charge on any atom is -0.465 e. The molecule has 1 heterocycles. The van der Waals surface area contributed by atoms with Gasteiger partial charge in [-0.3, -0.25) is 0 Å². The molecular weight excluding hydrogens is 467 g/mol. The zero-order chi connectivity index (χ0) is 24.5. The number of nitrogens with one attached hydrogen (secondary N) is 1. The summed E-state index contributed by atoms with van der Waals surface area (Å²) in [4.78, 5) is 19.6. The Balaban J connectivity index is 1.43. The van der Waals surface area contributed by atoms with Crippen LogP contribution in [0.15, 0.2) is 78.9 Å². The van der Waals surface area contributed by atoms with Gasteiger partial charge in [-0.25, -0.2) is 9.18 Å². The number of hydrogen-bond donors (Lipinski definition) is 1. The highest BCUT2D eigenvalue weighted by Crippen LogP contribution is 2.34. The van der Waals surface area contributed by atoms with Crippen molar-refractivity contribution in [2.75, 3.05) is 7.11 Å². The molecule has 35 heavy (non-hydrogen) atoms. The second-order valence-corrected chi connectivity index (χ2v) is 8.46. The number of ether oxygens (including phenoxy) is 2. The molecule has 0 aliphatic rings. The monoisotopic (exact) mass is 486 g/mol. The van der Waals surface area contributed by atoms with Crippen LogP contribution in [0.5, 0.6) is 11.8 Å². The van der Waals surface area contributed by atoms with Crippen LogP contribution in [0.2, 0.25) is 5.02 Å². The summed E-state index contributed by atoms with van der Waals surface area (Å²) in [5.41, 5.74) is 6.03. The Bertz CT molecular complexity index is 1560. The SMILES string of the molecule is COC(=O)c1cc(Oc2nc3cc(-c4ccc(-c5cccc(F)c5)cc4)c(Cl)cc3[nH]2)ccc1C. The second-order valence-electron chi connectivity index (χ2n) is 8.05. The number of benzene rings is 4. The van der Waals surface area contributed by atoms with Gasteiger partial charge in [-0.1, -0.05) is 54.1 Å². The minimum absolute atomic E-state index is 0.273. The van der Waals surface area contributed by atoms with E-state index in [0.29, 0.717) is 27.4 Å². The number of aromatic amines is 1. The first kappa shape index (κ1) is 22.6. The van der Waals surface area contributed by atoms with Gasteiger partial charge in [0, 0.05) is 5.56 Å². The molecule has 0 atom stereocenters. The molecule has 0 amide bonds. The zero-order valence-corrected chi connectivity index (χ0v) is 19.7. The van der Waals surface area contributed by atoms with E-state index in [0.717, 1.165) is 27.8 Å². The van der Waals surface area contributed by atoms with Crippen LogP contribution in [0.4, 0.5) is 4.39 Å². The van der Waals surface area contributed by atoms with E-state index in [-0.39, 0.29) is 11.8 Å². The number of carbonyl (C=O) groups excluding carboxylic acids is 1. The molecule has 0 spiro atoms. The topological polar surface area (TPSA) is 64.2 Å². The van der Waals surface area contributed by atoms with Crippen LogP contribution in [0.3, 0.4) is 0 Å². The molecule has 0 fully saturated rings. The minimum atomic E-state index is -0.433. The van der Waals surface area contributed by atoms with Crippen LogP contribution in [-0.2, 0) is 4.74 Å². The first-order valence-electron chi connectivity index (χ1n) is 10.8. The van der Waals surface area contributed by atoms with Crippen molar-refractivity contribution >= 4 is 28.6 Å². The van der Waals surface area contributed by atoms with E-state index in [4.69, 9.17) is 21.1 Å². The molecule has 0 saturated heterocycles. The molecule has 5 nitrogen and oxygen atoms in total. The Hall–Kier alpha value is -4.16. The van der Waals surface area contributed by atoms with Crippen molar-refractivity contribution in [1.29, 1.82) is 0 Å². The van der Waals surface area contributed by atoms with Crippen molar-refractivity contribution in [3.63, 3.8) is 0 Å². The fourth-order valence-electron chi connectivity index (χ4n) is 3.89. The second kappa shape index (κ2) is 9.24. The number of rotatable bonds is 5. The lowest BCUT2D eigenvalue weighted by Crippen LogP contribution is -2.04. The summed E-state index contributed by atoms with van der Waals surface area (Å²) in [5.74, 6) is -0.254. The molecule has 0 aliphatic carbocycles. The predicted octanol–water partition coefficient (Wildman–Crippen LogP) is 7.58. The molecule has 1 aromatic heterocycles. The largest absolute Gasteiger partial charge is 0.465 e. The van der Waals surface area contributed by atoms with Gasteiger partial charge in [-0.05, 0) is 65.6 Å². The van der Waals surface area contributed by atoms with Crippen LogP contribution >= 0.6 is 11.6 Å². The summed E-state index contributed by atoms with van der Waals surface area (Å²) in [6.07, 6.45) is 0. The van der Waals surface area contributed by atoms with Crippen LogP contribution in [0.1, 0.15) is 15.9 Å². The van der Waals surface area contributed by atoms with Crippen molar-refractivity contribution in [2.24, 2.45) is 0 Å². The number of hydrogen-bond acceptors (Lipinski definition) is 4. The third-order valence-electron chi connectivity index (χ3n) is 5.73. The van der Waals surface area contributed by atoms with Crippen molar-refractivity contribution in [2.45, 2.75) is 6.92 Å². The van der Waals surface area contributed by atoms with Gasteiger partial charge in [0.1, 0.15) is 11.6 Å². The van der Waals surface area contributed by atoms with Crippen molar-refractivity contribution in [1.82, 2.24) is 9.97 Å². The van der Waals surface area contributed by atoms with E-state index >= 15 is 0 Å². The Kier molecular flexibility index (Phi) is 5.97. The average Bonchev–Trinajstić information content (AvgIpc) is 3.25. The number of nitrogens with zero attached hydrogens (tertiary/aromatic N) is 1. The number of imidazole rings is 1. The quantitative estimate of drug-likeness (QED) is 0.260. The number of fused-ring (bicyclic) bond motifs is 1. The Morgan fingerprint density at radius 1 is 0.943 bits per heavy atom. The lowest BCUT2D eigenvalue weighted by atomic mass is 10.00. The van der Waals surface area contributed by atoms with E-state index in [2.05, 4.69) is 9.97 Å². The number of aromatic nitrogens is 2. The molecule has 5 rings (SSSR count). The maximum atomic E-state index is 13.6. The van der Waals surface area contributed by atoms with Gasteiger partial charge in [0.2, 0.25) is 0 Å². The third-order valence-corrected chi connectivity index (χ3v) is 6.04. The first-order chi connectivity index (χ1) is 16.9. The van der Waals surface area contributed by atoms with E-state index in [1.54, 1.807) is 30.3 Å². The lowest BCUT2D eigenvalue weighted by molar-refractivity contribution is 0.0599. The molecule has 5 aromatic rings. The fourth-order valence-corrected chi connectivity index (χ4v) is 4.17. The van der Waals surface area contributed by atoms with Crippen LogP contribution in [-0.4, -0.2) is 23.0 Å². The maximum absolute atomic E-state index is 13.6. The highest BCUT2D eigenvalue weighted by atomic mass is 35.5. The molecule has 0 aliphatic heterocycles. The highest BCUT2D eigenvalue weighted by Gasteiger charge is 2.14. The van der Waals surface area contributed by atoms with Crippen LogP contribution in [0, 0.1) is 12.7 Å². The number of methoxy groups -OCH3 is 1. The third kappa shape index (κ3) is 4.61. The summed E-state index contributed by atoms with van der Waals surface area (Å²) in [6.45, 7) is 1.82. The number of H-pyrrole nitrogens is 1. The molecule has 174 valence electrons. The zero-order valence-electron chi connectivity index (χ0n) is 18.9. The number of aryl methyl sites for hydroxylation is 1.